The van der Waals surface area contributed by atoms with Gasteiger partial charge in [-0.1, -0.05) is 12.1 Å². The maximum absolute atomic E-state index is 12.1. The zero-order chi connectivity index (χ0) is 13.4. The van der Waals surface area contributed by atoms with E-state index in [0.717, 1.165) is 5.56 Å². The molecule has 0 aliphatic rings. The van der Waals surface area contributed by atoms with E-state index in [1.807, 2.05) is 0 Å². The van der Waals surface area contributed by atoms with Crippen LogP contribution in [0.5, 0.6) is 0 Å². The summed E-state index contributed by atoms with van der Waals surface area (Å²) in [6.45, 7) is 1.27. The molecule has 0 saturated heterocycles. The van der Waals surface area contributed by atoms with E-state index < -0.39 is 12.3 Å². The Labute approximate surface area is 104 Å². The van der Waals surface area contributed by atoms with E-state index >= 15 is 0 Å². The largest absolute Gasteiger partial charge is 0.382 e. The molecular weight excluding hydrogens is 244 g/mol. The van der Waals surface area contributed by atoms with Gasteiger partial charge in [0.1, 0.15) is 0 Å². The number of alkyl halides is 2. The Kier molecular flexibility index (Phi) is 6.24. The smallest absolute Gasteiger partial charge is 0.315 e. The third-order valence-electron chi connectivity index (χ3n) is 2.09. The maximum atomic E-state index is 12.1. The summed E-state index contributed by atoms with van der Waals surface area (Å²) in [5, 5.41) is 2.11. The summed E-state index contributed by atoms with van der Waals surface area (Å²) >= 11 is 0. The van der Waals surface area contributed by atoms with Crippen molar-refractivity contribution in [1.82, 2.24) is 0 Å². The van der Waals surface area contributed by atoms with Crippen molar-refractivity contribution in [1.29, 1.82) is 0 Å². The highest BCUT2D eigenvalue weighted by atomic mass is 19.3. The van der Waals surface area contributed by atoms with Crippen molar-refractivity contribution in [3.8, 4) is 0 Å². The zero-order valence-electron chi connectivity index (χ0n) is 9.99. The van der Waals surface area contributed by atoms with Gasteiger partial charge in [0.15, 0.2) is 0 Å². The predicted molar refractivity (Wildman–Crippen MR) is 62.6 cm³/mol. The monoisotopic (exact) mass is 259 g/mol. The lowest BCUT2D eigenvalue weighted by atomic mass is 10.2. The number of carbonyl (C=O) groups excluding carboxylic acids is 1. The number of rotatable bonds is 7. The second-order valence-electron chi connectivity index (χ2n) is 3.54. The van der Waals surface area contributed by atoms with Gasteiger partial charge in [-0.15, -0.1) is 0 Å². The summed E-state index contributed by atoms with van der Waals surface area (Å²) in [5.74, 6) is -1.31. The lowest BCUT2D eigenvalue weighted by molar-refractivity contribution is -0.126. The van der Waals surface area contributed by atoms with Gasteiger partial charge in [-0.2, -0.15) is 8.78 Å². The van der Waals surface area contributed by atoms with E-state index in [-0.39, 0.29) is 0 Å². The number of anilines is 1. The number of benzene rings is 1. The molecule has 0 saturated carbocycles. The Morgan fingerprint density at radius 2 is 2.17 bits per heavy atom. The Morgan fingerprint density at radius 1 is 1.39 bits per heavy atom. The van der Waals surface area contributed by atoms with Crippen LogP contribution >= 0.6 is 0 Å². The van der Waals surface area contributed by atoms with Crippen molar-refractivity contribution in [2.75, 3.05) is 25.6 Å². The van der Waals surface area contributed by atoms with Crippen molar-refractivity contribution < 1.29 is 23.0 Å². The molecule has 100 valence electrons. The molecule has 0 aliphatic carbocycles. The Balaban J connectivity index is 2.49. The Bertz CT molecular complexity index is 385. The van der Waals surface area contributed by atoms with Gasteiger partial charge in [0.25, 0.3) is 5.91 Å². The molecule has 18 heavy (non-hydrogen) atoms. The third-order valence-corrected chi connectivity index (χ3v) is 2.09. The van der Waals surface area contributed by atoms with Crippen LogP contribution in [0.4, 0.5) is 14.5 Å². The lowest BCUT2D eigenvalue weighted by Gasteiger charge is -2.07. The van der Waals surface area contributed by atoms with Crippen LogP contribution in [0.2, 0.25) is 0 Å². The average Bonchev–Trinajstić information content (AvgIpc) is 2.35. The summed E-state index contributed by atoms with van der Waals surface area (Å²) < 4.78 is 34.2. The quantitative estimate of drug-likeness (QED) is 0.762. The molecule has 1 aromatic carbocycles. The first-order valence-corrected chi connectivity index (χ1v) is 5.38. The second kappa shape index (κ2) is 7.73. The molecule has 0 atom stereocenters. The minimum Gasteiger partial charge on any atom is -0.382 e. The van der Waals surface area contributed by atoms with Crippen LogP contribution < -0.4 is 5.32 Å². The summed E-state index contributed by atoms with van der Waals surface area (Å²) in [7, 11) is 1.57. The number of methoxy groups -OCH3 is 1. The summed E-state index contributed by atoms with van der Waals surface area (Å²) in [5.41, 5.74) is 1.12. The van der Waals surface area contributed by atoms with Gasteiger partial charge in [-0.05, 0) is 17.7 Å². The maximum Gasteiger partial charge on any atom is 0.315 e. The van der Waals surface area contributed by atoms with Crippen molar-refractivity contribution >= 4 is 11.6 Å². The molecule has 0 radical (unpaired) electrons. The van der Waals surface area contributed by atoms with E-state index in [2.05, 4.69) is 5.32 Å². The van der Waals surface area contributed by atoms with Crippen molar-refractivity contribution in [2.24, 2.45) is 0 Å². The molecule has 0 unspecified atom stereocenters. The Morgan fingerprint density at radius 3 is 2.83 bits per heavy atom. The molecule has 0 fully saturated rings. The standard InChI is InChI=1S/C12H15F2NO3/c1-17-5-6-18-8-9-3-2-4-10(7-9)15-12(16)11(13)14/h2-4,7,11H,5-6,8H2,1H3,(H,15,16). The van der Waals surface area contributed by atoms with E-state index in [4.69, 9.17) is 9.47 Å². The highest BCUT2D eigenvalue weighted by Gasteiger charge is 2.14. The van der Waals surface area contributed by atoms with Gasteiger partial charge < -0.3 is 14.8 Å². The highest BCUT2D eigenvalue weighted by molar-refractivity contribution is 5.93. The van der Waals surface area contributed by atoms with Gasteiger partial charge in [0, 0.05) is 12.8 Å². The number of nitrogens with one attached hydrogen (secondary N) is 1. The molecule has 1 aromatic rings. The van der Waals surface area contributed by atoms with E-state index in [9.17, 15) is 13.6 Å². The number of ether oxygens (including phenoxy) is 2. The molecule has 0 bridgehead atoms. The molecule has 0 spiro atoms. The van der Waals surface area contributed by atoms with Crippen LogP contribution in [0, 0.1) is 0 Å². The normalized spacial score (nSPS) is 10.7. The SMILES string of the molecule is COCCOCc1cccc(NC(=O)C(F)F)c1. The Hall–Kier alpha value is -1.53. The molecule has 1 rings (SSSR count). The molecule has 0 heterocycles. The summed E-state index contributed by atoms with van der Waals surface area (Å²) in [6, 6.07) is 6.58. The van der Waals surface area contributed by atoms with Crippen LogP contribution in [0.25, 0.3) is 0 Å². The van der Waals surface area contributed by atoms with Crippen molar-refractivity contribution in [3.05, 3.63) is 29.8 Å². The first-order valence-electron chi connectivity index (χ1n) is 5.38. The topological polar surface area (TPSA) is 47.6 Å². The number of hydrogen-bond donors (Lipinski definition) is 1. The summed E-state index contributed by atoms with van der Waals surface area (Å²) in [4.78, 5) is 10.8. The van der Waals surface area contributed by atoms with Crippen LogP contribution in [-0.4, -0.2) is 32.7 Å². The van der Waals surface area contributed by atoms with Crippen LogP contribution in [0.3, 0.4) is 0 Å². The third kappa shape index (κ3) is 5.20. The molecule has 4 nitrogen and oxygen atoms in total. The second-order valence-corrected chi connectivity index (χ2v) is 3.54. The van der Waals surface area contributed by atoms with Gasteiger partial charge in [0.05, 0.1) is 19.8 Å². The molecule has 6 heteroatoms. The molecular formula is C12H15F2NO3. The minimum absolute atomic E-state index is 0.327. The van der Waals surface area contributed by atoms with Gasteiger partial charge >= 0.3 is 6.43 Å². The first kappa shape index (κ1) is 14.5. The van der Waals surface area contributed by atoms with E-state index in [1.165, 1.54) is 0 Å². The van der Waals surface area contributed by atoms with Crippen molar-refractivity contribution in [2.45, 2.75) is 13.0 Å². The van der Waals surface area contributed by atoms with Gasteiger partial charge in [-0.3, -0.25) is 4.79 Å². The van der Waals surface area contributed by atoms with E-state index in [0.29, 0.717) is 25.5 Å². The predicted octanol–water partition coefficient (Wildman–Crippen LogP) is 2.05. The van der Waals surface area contributed by atoms with E-state index in [1.54, 1.807) is 31.4 Å². The number of carbonyl (C=O) groups is 1. The molecule has 1 amide bonds. The van der Waals surface area contributed by atoms with Crippen LogP contribution in [0.15, 0.2) is 24.3 Å². The highest BCUT2D eigenvalue weighted by Crippen LogP contribution is 2.12. The lowest BCUT2D eigenvalue weighted by Crippen LogP contribution is -2.20. The average molecular weight is 259 g/mol. The van der Waals surface area contributed by atoms with Crippen molar-refractivity contribution in [3.63, 3.8) is 0 Å². The fourth-order valence-corrected chi connectivity index (χ4v) is 1.27. The summed E-state index contributed by atoms with van der Waals surface area (Å²) in [6.07, 6.45) is -3.02. The fraction of sp³-hybridized carbons (Fsp3) is 0.417. The zero-order valence-corrected chi connectivity index (χ0v) is 9.99. The molecule has 1 N–H and O–H groups in total. The molecule has 0 aliphatic heterocycles. The minimum atomic E-state index is -3.02. The molecule has 0 aromatic heterocycles. The van der Waals surface area contributed by atoms with Gasteiger partial charge in [-0.25, -0.2) is 0 Å². The first-order chi connectivity index (χ1) is 8.63. The number of halogens is 2. The number of hydrogen-bond acceptors (Lipinski definition) is 3. The van der Waals surface area contributed by atoms with Crippen LogP contribution in [0.1, 0.15) is 5.56 Å². The number of amides is 1. The van der Waals surface area contributed by atoms with Gasteiger partial charge in [0.2, 0.25) is 0 Å². The van der Waals surface area contributed by atoms with Crippen LogP contribution in [-0.2, 0) is 20.9 Å². The fourth-order valence-electron chi connectivity index (χ4n) is 1.27.